The molecule has 0 aliphatic rings. The SMILES string of the molecule is CCCNCc1ccc(OC)cc1OCOCC(F)(F)F. The van der Waals surface area contributed by atoms with E-state index in [9.17, 15) is 13.2 Å². The third-order valence-electron chi connectivity index (χ3n) is 2.58. The van der Waals surface area contributed by atoms with Crippen molar-refractivity contribution in [2.75, 3.05) is 27.1 Å². The van der Waals surface area contributed by atoms with Crippen LogP contribution in [-0.4, -0.2) is 33.2 Å². The normalized spacial score (nSPS) is 11.5. The Morgan fingerprint density at radius 2 is 2.00 bits per heavy atom. The van der Waals surface area contributed by atoms with Crippen LogP contribution in [0.3, 0.4) is 0 Å². The quantitative estimate of drug-likeness (QED) is 0.562. The summed E-state index contributed by atoms with van der Waals surface area (Å²) >= 11 is 0. The molecule has 0 radical (unpaired) electrons. The van der Waals surface area contributed by atoms with Gasteiger partial charge in [-0.15, -0.1) is 0 Å². The highest BCUT2D eigenvalue weighted by Crippen LogP contribution is 2.25. The van der Waals surface area contributed by atoms with Crippen LogP contribution in [0.5, 0.6) is 11.5 Å². The van der Waals surface area contributed by atoms with Crippen molar-refractivity contribution in [2.45, 2.75) is 26.1 Å². The molecule has 1 N–H and O–H groups in total. The summed E-state index contributed by atoms with van der Waals surface area (Å²) in [6.45, 7) is 1.65. The van der Waals surface area contributed by atoms with Crippen molar-refractivity contribution >= 4 is 0 Å². The van der Waals surface area contributed by atoms with Crippen LogP contribution < -0.4 is 14.8 Å². The molecule has 0 heterocycles. The van der Waals surface area contributed by atoms with Gasteiger partial charge in [0.1, 0.15) is 18.1 Å². The molecule has 0 saturated heterocycles. The Kier molecular flexibility index (Phi) is 7.31. The third kappa shape index (κ3) is 7.19. The van der Waals surface area contributed by atoms with Crippen LogP contribution in [0.2, 0.25) is 0 Å². The summed E-state index contributed by atoms with van der Waals surface area (Å²) < 4.78 is 50.7. The second-order valence-electron chi connectivity index (χ2n) is 4.38. The van der Waals surface area contributed by atoms with E-state index >= 15 is 0 Å². The molecule has 0 bridgehead atoms. The molecule has 0 saturated carbocycles. The van der Waals surface area contributed by atoms with Crippen LogP contribution in [0, 0.1) is 0 Å². The van der Waals surface area contributed by atoms with Gasteiger partial charge in [0, 0.05) is 18.2 Å². The summed E-state index contributed by atoms with van der Waals surface area (Å²) in [5, 5.41) is 3.20. The maximum atomic E-state index is 12.0. The second-order valence-corrected chi connectivity index (χ2v) is 4.38. The minimum atomic E-state index is -4.36. The van der Waals surface area contributed by atoms with Gasteiger partial charge in [-0.1, -0.05) is 13.0 Å². The Balaban J connectivity index is 2.59. The van der Waals surface area contributed by atoms with E-state index in [4.69, 9.17) is 9.47 Å². The van der Waals surface area contributed by atoms with Gasteiger partial charge in [-0.05, 0) is 19.0 Å². The van der Waals surface area contributed by atoms with E-state index in [1.165, 1.54) is 7.11 Å². The zero-order valence-electron chi connectivity index (χ0n) is 12.1. The lowest BCUT2D eigenvalue weighted by Crippen LogP contribution is -2.19. The van der Waals surface area contributed by atoms with Gasteiger partial charge in [0.2, 0.25) is 0 Å². The maximum Gasteiger partial charge on any atom is 0.411 e. The first-order chi connectivity index (χ1) is 9.96. The summed E-state index contributed by atoms with van der Waals surface area (Å²) in [7, 11) is 1.51. The number of benzene rings is 1. The molecule has 0 spiro atoms. The number of hydrogen-bond donors (Lipinski definition) is 1. The Morgan fingerprint density at radius 1 is 1.24 bits per heavy atom. The molecule has 0 amide bonds. The monoisotopic (exact) mass is 307 g/mol. The molecule has 120 valence electrons. The molecule has 0 unspecified atom stereocenters. The highest BCUT2D eigenvalue weighted by Gasteiger charge is 2.27. The van der Waals surface area contributed by atoms with Gasteiger partial charge in [-0.3, -0.25) is 0 Å². The predicted molar refractivity (Wildman–Crippen MR) is 72.5 cm³/mol. The number of hydrogen-bond acceptors (Lipinski definition) is 4. The number of rotatable bonds is 9. The molecule has 1 aromatic rings. The van der Waals surface area contributed by atoms with Gasteiger partial charge >= 0.3 is 6.18 Å². The first-order valence-corrected chi connectivity index (χ1v) is 6.61. The molecule has 1 rings (SSSR count). The molecular formula is C14H20F3NO3. The minimum absolute atomic E-state index is 0.445. The van der Waals surface area contributed by atoms with Gasteiger partial charge in [0.05, 0.1) is 7.11 Å². The van der Waals surface area contributed by atoms with E-state index in [-0.39, 0.29) is 0 Å². The number of halogens is 3. The molecule has 1 aromatic carbocycles. The van der Waals surface area contributed by atoms with Crippen molar-refractivity contribution in [3.63, 3.8) is 0 Å². The second kappa shape index (κ2) is 8.74. The molecule has 4 nitrogen and oxygen atoms in total. The molecular weight excluding hydrogens is 287 g/mol. The Bertz CT molecular complexity index is 424. The van der Waals surface area contributed by atoms with Crippen molar-refractivity contribution in [1.29, 1.82) is 0 Å². The van der Waals surface area contributed by atoms with Gasteiger partial charge < -0.3 is 19.5 Å². The van der Waals surface area contributed by atoms with Crippen LogP contribution in [0.1, 0.15) is 18.9 Å². The van der Waals surface area contributed by atoms with Crippen LogP contribution in [0.25, 0.3) is 0 Å². The van der Waals surface area contributed by atoms with Crippen LogP contribution in [-0.2, 0) is 11.3 Å². The van der Waals surface area contributed by atoms with E-state index in [1.54, 1.807) is 18.2 Å². The minimum Gasteiger partial charge on any atom is -0.497 e. The van der Waals surface area contributed by atoms with Crippen LogP contribution >= 0.6 is 0 Å². The number of ether oxygens (including phenoxy) is 3. The molecule has 0 atom stereocenters. The fourth-order valence-corrected chi connectivity index (χ4v) is 1.60. The van der Waals surface area contributed by atoms with E-state index in [0.29, 0.717) is 18.0 Å². The number of methoxy groups -OCH3 is 1. The molecule has 0 aromatic heterocycles. The van der Waals surface area contributed by atoms with Gasteiger partial charge in [0.25, 0.3) is 0 Å². The van der Waals surface area contributed by atoms with Crippen molar-refractivity contribution in [3.8, 4) is 11.5 Å². The fraction of sp³-hybridized carbons (Fsp3) is 0.571. The number of alkyl halides is 3. The smallest absolute Gasteiger partial charge is 0.411 e. The van der Waals surface area contributed by atoms with Gasteiger partial charge in [-0.2, -0.15) is 13.2 Å². The third-order valence-corrected chi connectivity index (χ3v) is 2.58. The molecule has 0 aliphatic carbocycles. The highest BCUT2D eigenvalue weighted by molar-refractivity contribution is 5.40. The highest BCUT2D eigenvalue weighted by atomic mass is 19.4. The summed E-state index contributed by atoms with van der Waals surface area (Å²) in [6.07, 6.45) is -3.37. The molecule has 21 heavy (non-hydrogen) atoms. The van der Waals surface area contributed by atoms with Crippen molar-refractivity contribution in [3.05, 3.63) is 23.8 Å². The lowest BCUT2D eigenvalue weighted by atomic mass is 10.2. The Labute approximate surface area is 122 Å². The standard InChI is InChI=1S/C14H20F3NO3/c1-3-6-18-8-11-4-5-12(19-2)7-13(11)21-10-20-9-14(15,16)17/h4-5,7,18H,3,6,8-10H2,1-2H3. The van der Waals surface area contributed by atoms with Crippen LogP contribution in [0.15, 0.2) is 18.2 Å². The Morgan fingerprint density at radius 3 is 2.62 bits per heavy atom. The van der Waals surface area contributed by atoms with E-state index in [2.05, 4.69) is 10.1 Å². The summed E-state index contributed by atoms with van der Waals surface area (Å²) in [4.78, 5) is 0. The average Bonchev–Trinajstić information content (AvgIpc) is 2.44. The summed E-state index contributed by atoms with van der Waals surface area (Å²) in [6, 6.07) is 5.20. The lowest BCUT2D eigenvalue weighted by molar-refractivity contribution is -0.186. The topological polar surface area (TPSA) is 39.7 Å². The zero-order chi connectivity index (χ0) is 15.7. The van der Waals surface area contributed by atoms with Crippen molar-refractivity contribution in [2.24, 2.45) is 0 Å². The first-order valence-electron chi connectivity index (χ1n) is 6.61. The largest absolute Gasteiger partial charge is 0.497 e. The van der Waals surface area contributed by atoms with E-state index in [1.807, 2.05) is 6.92 Å². The Hall–Kier alpha value is -1.47. The van der Waals surface area contributed by atoms with Crippen LogP contribution in [0.4, 0.5) is 13.2 Å². The zero-order valence-corrected chi connectivity index (χ0v) is 12.1. The molecule has 0 aliphatic heterocycles. The summed E-state index contributed by atoms with van der Waals surface area (Å²) in [5.41, 5.74) is 0.833. The maximum absolute atomic E-state index is 12.0. The molecule has 7 heteroatoms. The first kappa shape index (κ1) is 17.6. The average molecular weight is 307 g/mol. The van der Waals surface area contributed by atoms with Gasteiger partial charge in [0.15, 0.2) is 6.79 Å². The lowest BCUT2D eigenvalue weighted by Gasteiger charge is -2.14. The molecule has 0 fully saturated rings. The van der Waals surface area contributed by atoms with E-state index < -0.39 is 19.6 Å². The predicted octanol–water partition coefficient (Wildman–Crippen LogP) is 3.11. The van der Waals surface area contributed by atoms with Gasteiger partial charge in [-0.25, -0.2) is 0 Å². The number of nitrogens with one attached hydrogen (secondary N) is 1. The summed E-state index contributed by atoms with van der Waals surface area (Å²) in [5.74, 6) is 1.01. The fourth-order valence-electron chi connectivity index (χ4n) is 1.60. The van der Waals surface area contributed by atoms with Crippen molar-refractivity contribution < 1.29 is 27.4 Å². The van der Waals surface area contributed by atoms with E-state index in [0.717, 1.165) is 18.5 Å². The van der Waals surface area contributed by atoms with Crippen molar-refractivity contribution in [1.82, 2.24) is 5.32 Å².